The molecule has 0 aromatic carbocycles. The molecule has 0 spiro atoms. The molecular weight excluding hydrogens is 168 g/mol. The highest BCUT2D eigenvalue weighted by Crippen LogP contribution is 2.51. The molecule has 0 bridgehead atoms. The summed E-state index contributed by atoms with van der Waals surface area (Å²) in [5, 5.41) is 0. The largest absolute Gasteiger partial charge is 0.0654 e. The Hall–Kier alpha value is 0. The van der Waals surface area contributed by atoms with Crippen molar-refractivity contribution in [3.63, 3.8) is 0 Å². The van der Waals surface area contributed by atoms with E-state index in [1.54, 1.807) is 0 Å². The lowest BCUT2D eigenvalue weighted by molar-refractivity contribution is 0.0288. The van der Waals surface area contributed by atoms with Crippen molar-refractivity contribution in [2.75, 3.05) is 0 Å². The van der Waals surface area contributed by atoms with E-state index >= 15 is 0 Å². The molecule has 1 aliphatic rings. The molecule has 4 atom stereocenters. The van der Waals surface area contributed by atoms with Gasteiger partial charge in [-0.05, 0) is 42.4 Å². The lowest BCUT2D eigenvalue weighted by Crippen LogP contribution is -2.37. The molecule has 84 valence electrons. The third-order valence-corrected chi connectivity index (χ3v) is 4.84. The Morgan fingerprint density at radius 1 is 1.29 bits per heavy atom. The minimum Gasteiger partial charge on any atom is -0.0654 e. The van der Waals surface area contributed by atoms with Crippen LogP contribution in [0.4, 0.5) is 0 Å². The minimum atomic E-state index is 0.682. The summed E-state index contributed by atoms with van der Waals surface area (Å²) in [7, 11) is 0. The van der Waals surface area contributed by atoms with Crippen LogP contribution in [0.25, 0.3) is 0 Å². The quantitative estimate of drug-likeness (QED) is 0.587. The van der Waals surface area contributed by atoms with E-state index in [9.17, 15) is 0 Å². The van der Waals surface area contributed by atoms with Crippen molar-refractivity contribution in [3.8, 4) is 0 Å². The number of rotatable bonds is 5. The summed E-state index contributed by atoms with van der Waals surface area (Å²) >= 11 is 0. The Morgan fingerprint density at radius 3 is 2.29 bits per heavy atom. The van der Waals surface area contributed by atoms with Gasteiger partial charge in [0, 0.05) is 0 Å². The molecule has 0 amide bonds. The maximum Gasteiger partial charge on any atom is -0.0297 e. The van der Waals surface area contributed by atoms with Crippen LogP contribution in [0.2, 0.25) is 0 Å². The first-order valence-electron chi connectivity index (χ1n) is 6.49. The predicted molar refractivity (Wildman–Crippen MR) is 64.4 cm³/mol. The zero-order valence-corrected chi connectivity index (χ0v) is 10.8. The van der Waals surface area contributed by atoms with Crippen molar-refractivity contribution >= 4 is 0 Å². The highest BCUT2D eigenvalue weighted by atomic mass is 14.5. The van der Waals surface area contributed by atoms with Gasteiger partial charge in [-0.2, -0.15) is 0 Å². The molecular formula is C14H28. The summed E-state index contributed by atoms with van der Waals surface area (Å²) in [6, 6.07) is 0. The van der Waals surface area contributed by atoms with Gasteiger partial charge in [-0.25, -0.2) is 0 Å². The van der Waals surface area contributed by atoms with Crippen LogP contribution in [0.15, 0.2) is 0 Å². The third kappa shape index (κ3) is 2.52. The van der Waals surface area contributed by atoms with Crippen LogP contribution in [0.1, 0.15) is 66.7 Å². The average Bonchev–Trinajstić information content (AvgIpc) is 2.15. The van der Waals surface area contributed by atoms with Gasteiger partial charge in [-0.3, -0.25) is 0 Å². The SMILES string of the molecule is CCCC(C)C(C)CC1(C)CCC1C. The van der Waals surface area contributed by atoms with E-state index in [1.807, 2.05) is 0 Å². The summed E-state index contributed by atoms with van der Waals surface area (Å²) < 4.78 is 0. The summed E-state index contributed by atoms with van der Waals surface area (Å²) in [5.41, 5.74) is 0.682. The summed E-state index contributed by atoms with van der Waals surface area (Å²) in [5.74, 6) is 2.81. The molecule has 0 nitrogen and oxygen atoms in total. The second-order valence-corrected chi connectivity index (χ2v) is 6.04. The first-order chi connectivity index (χ1) is 6.49. The lowest BCUT2D eigenvalue weighted by atomic mass is 9.58. The highest BCUT2D eigenvalue weighted by Gasteiger charge is 2.40. The van der Waals surface area contributed by atoms with E-state index in [1.165, 1.54) is 32.1 Å². The van der Waals surface area contributed by atoms with Gasteiger partial charge in [-0.1, -0.05) is 47.5 Å². The zero-order chi connectivity index (χ0) is 10.8. The van der Waals surface area contributed by atoms with Crippen LogP contribution in [0, 0.1) is 23.2 Å². The lowest BCUT2D eigenvalue weighted by Gasteiger charge is -2.48. The van der Waals surface area contributed by atoms with Gasteiger partial charge < -0.3 is 0 Å². The molecule has 0 radical (unpaired) electrons. The van der Waals surface area contributed by atoms with E-state index in [0.717, 1.165) is 17.8 Å². The molecule has 1 saturated carbocycles. The van der Waals surface area contributed by atoms with Crippen LogP contribution in [-0.4, -0.2) is 0 Å². The van der Waals surface area contributed by atoms with Gasteiger partial charge in [-0.15, -0.1) is 0 Å². The molecule has 0 aromatic heterocycles. The molecule has 14 heavy (non-hydrogen) atoms. The Morgan fingerprint density at radius 2 is 1.93 bits per heavy atom. The van der Waals surface area contributed by atoms with Gasteiger partial charge in [0.15, 0.2) is 0 Å². The number of hydrogen-bond acceptors (Lipinski definition) is 0. The van der Waals surface area contributed by atoms with E-state index in [4.69, 9.17) is 0 Å². The summed E-state index contributed by atoms with van der Waals surface area (Å²) in [6.45, 7) is 12.1. The van der Waals surface area contributed by atoms with Crippen molar-refractivity contribution in [2.45, 2.75) is 66.7 Å². The van der Waals surface area contributed by atoms with Crippen molar-refractivity contribution in [2.24, 2.45) is 23.2 Å². The van der Waals surface area contributed by atoms with Gasteiger partial charge in [0.05, 0.1) is 0 Å². The molecule has 1 rings (SSSR count). The van der Waals surface area contributed by atoms with Gasteiger partial charge >= 0.3 is 0 Å². The van der Waals surface area contributed by atoms with Crippen LogP contribution in [0.3, 0.4) is 0 Å². The fourth-order valence-electron chi connectivity index (χ4n) is 2.91. The Labute approximate surface area is 90.5 Å². The zero-order valence-electron chi connectivity index (χ0n) is 10.8. The normalized spacial score (nSPS) is 36.2. The van der Waals surface area contributed by atoms with Gasteiger partial charge in [0.1, 0.15) is 0 Å². The van der Waals surface area contributed by atoms with Crippen molar-refractivity contribution in [3.05, 3.63) is 0 Å². The summed E-state index contributed by atoms with van der Waals surface area (Å²) in [6.07, 6.45) is 7.14. The van der Waals surface area contributed by atoms with E-state index in [0.29, 0.717) is 5.41 Å². The standard InChI is InChI=1S/C14H28/c1-6-7-11(2)12(3)10-14(5)9-8-13(14)4/h11-13H,6-10H2,1-5H3. The Bertz CT molecular complexity index is 173. The van der Waals surface area contributed by atoms with Crippen LogP contribution >= 0.6 is 0 Å². The number of hydrogen-bond donors (Lipinski definition) is 0. The van der Waals surface area contributed by atoms with E-state index in [-0.39, 0.29) is 0 Å². The Balaban J connectivity index is 2.36. The van der Waals surface area contributed by atoms with Crippen molar-refractivity contribution < 1.29 is 0 Å². The highest BCUT2D eigenvalue weighted by molar-refractivity contribution is 4.91. The summed E-state index contributed by atoms with van der Waals surface area (Å²) in [4.78, 5) is 0. The first kappa shape index (κ1) is 12.1. The molecule has 0 heteroatoms. The molecule has 0 saturated heterocycles. The molecule has 0 heterocycles. The van der Waals surface area contributed by atoms with E-state index in [2.05, 4.69) is 34.6 Å². The van der Waals surface area contributed by atoms with Crippen molar-refractivity contribution in [1.82, 2.24) is 0 Å². The molecule has 0 aliphatic heterocycles. The minimum absolute atomic E-state index is 0.682. The van der Waals surface area contributed by atoms with Crippen LogP contribution in [0.5, 0.6) is 0 Å². The topological polar surface area (TPSA) is 0 Å². The Kier molecular flexibility index (Phi) is 4.04. The molecule has 1 fully saturated rings. The predicted octanol–water partition coefficient (Wildman–Crippen LogP) is 4.89. The van der Waals surface area contributed by atoms with Crippen LogP contribution < -0.4 is 0 Å². The maximum absolute atomic E-state index is 2.50. The molecule has 0 aromatic rings. The maximum atomic E-state index is 2.50. The molecule has 4 unspecified atom stereocenters. The second-order valence-electron chi connectivity index (χ2n) is 6.04. The smallest absolute Gasteiger partial charge is 0.0297 e. The third-order valence-electron chi connectivity index (χ3n) is 4.84. The second kappa shape index (κ2) is 4.68. The monoisotopic (exact) mass is 196 g/mol. The van der Waals surface area contributed by atoms with Crippen LogP contribution in [-0.2, 0) is 0 Å². The fourth-order valence-corrected chi connectivity index (χ4v) is 2.91. The van der Waals surface area contributed by atoms with Gasteiger partial charge in [0.2, 0.25) is 0 Å². The first-order valence-corrected chi connectivity index (χ1v) is 6.49. The van der Waals surface area contributed by atoms with E-state index < -0.39 is 0 Å². The average molecular weight is 196 g/mol. The molecule has 0 N–H and O–H groups in total. The van der Waals surface area contributed by atoms with Gasteiger partial charge in [0.25, 0.3) is 0 Å². The fraction of sp³-hybridized carbons (Fsp3) is 1.00. The molecule has 1 aliphatic carbocycles. The van der Waals surface area contributed by atoms with Crippen molar-refractivity contribution in [1.29, 1.82) is 0 Å².